The molecule has 0 saturated carbocycles. The zero-order valence-electron chi connectivity index (χ0n) is 24.0. The first-order valence-electron chi connectivity index (χ1n) is 14.8. The standard InChI is InChI=1S/C40H28N4/c1-5-13-29(14-6-1)43(30-15-7-2-8-16-30)33-21-23-35-36-24-22-34(28-38(36)40-39(37(35)27-33)41-25-26-42-40)44(31-17-9-3-10-18-31)32-19-11-4-12-20-32/h1-28H. The Morgan fingerprint density at radius 3 is 0.932 bits per heavy atom. The Labute approximate surface area is 256 Å². The maximum Gasteiger partial charge on any atom is 0.0972 e. The van der Waals surface area contributed by atoms with Crippen LogP contribution in [-0.2, 0) is 0 Å². The van der Waals surface area contributed by atoms with Gasteiger partial charge in [-0.2, -0.15) is 0 Å². The van der Waals surface area contributed by atoms with Crippen LogP contribution in [0.1, 0.15) is 0 Å². The van der Waals surface area contributed by atoms with Crippen LogP contribution in [0.25, 0.3) is 32.6 Å². The van der Waals surface area contributed by atoms with Gasteiger partial charge in [-0.25, -0.2) is 0 Å². The lowest BCUT2D eigenvalue weighted by Gasteiger charge is -2.26. The number of para-hydroxylation sites is 4. The second-order valence-electron chi connectivity index (χ2n) is 10.7. The Balaban J connectivity index is 1.35. The van der Waals surface area contributed by atoms with Gasteiger partial charge in [0.05, 0.1) is 11.0 Å². The molecule has 0 atom stereocenters. The maximum atomic E-state index is 4.90. The van der Waals surface area contributed by atoms with Crippen molar-refractivity contribution in [2.75, 3.05) is 9.80 Å². The van der Waals surface area contributed by atoms with E-state index >= 15 is 0 Å². The van der Waals surface area contributed by atoms with Gasteiger partial charge >= 0.3 is 0 Å². The summed E-state index contributed by atoms with van der Waals surface area (Å²) < 4.78 is 0. The van der Waals surface area contributed by atoms with Crippen LogP contribution >= 0.6 is 0 Å². The van der Waals surface area contributed by atoms with Crippen LogP contribution in [0.5, 0.6) is 0 Å². The number of benzene rings is 7. The van der Waals surface area contributed by atoms with Crippen molar-refractivity contribution in [2.24, 2.45) is 0 Å². The van der Waals surface area contributed by atoms with Crippen molar-refractivity contribution in [1.82, 2.24) is 9.97 Å². The predicted octanol–water partition coefficient (Wildman–Crippen LogP) is 10.9. The zero-order valence-corrected chi connectivity index (χ0v) is 24.0. The second-order valence-corrected chi connectivity index (χ2v) is 10.7. The van der Waals surface area contributed by atoms with Crippen molar-refractivity contribution in [3.05, 3.63) is 170 Å². The summed E-state index contributed by atoms with van der Waals surface area (Å²) in [5.74, 6) is 0. The van der Waals surface area contributed by atoms with E-state index in [0.29, 0.717) is 0 Å². The molecule has 1 heterocycles. The predicted molar refractivity (Wildman–Crippen MR) is 184 cm³/mol. The average Bonchev–Trinajstić information content (AvgIpc) is 3.10. The zero-order chi connectivity index (χ0) is 29.3. The third kappa shape index (κ3) is 4.50. The summed E-state index contributed by atoms with van der Waals surface area (Å²) in [5.41, 5.74) is 8.31. The molecular formula is C40H28N4. The van der Waals surface area contributed by atoms with E-state index in [1.54, 1.807) is 12.4 Å². The first kappa shape index (κ1) is 25.7. The summed E-state index contributed by atoms with van der Waals surface area (Å²) >= 11 is 0. The van der Waals surface area contributed by atoms with E-state index in [1.165, 1.54) is 0 Å². The van der Waals surface area contributed by atoms with Crippen molar-refractivity contribution in [3.63, 3.8) is 0 Å². The summed E-state index contributed by atoms with van der Waals surface area (Å²) in [6.45, 7) is 0. The van der Waals surface area contributed by atoms with E-state index in [-0.39, 0.29) is 0 Å². The van der Waals surface area contributed by atoms with E-state index in [2.05, 4.69) is 143 Å². The van der Waals surface area contributed by atoms with Crippen molar-refractivity contribution in [2.45, 2.75) is 0 Å². The summed E-state index contributed by atoms with van der Waals surface area (Å²) in [4.78, 5) is 14.4. The highest BCUT2D eigenvalue weighted by Crippen LogP contribution is 2.42. The van der Waals surface area contributed by atoms with E-state index in [4.69, 9.17) is 9.97 Å². The van der Waals surface area contributed by atoms with Crippen LogP contribution in [0.3, 0.4) is 0 Å². The van der Waals surface area contributed by atoms with E-state index in [1.807, 2.05) is 24.3 Å². The van der Waals surface area contributed by atoms with Gasteiger partial charge in [0, 0.05) is 57.3 Å². The van der Waals surface area contributed by atoms with Crippen LogP contribution in [0.2, 0.25) is 0 Å². The molecule has 7 aromatic carbocycles. The van der Waals surface area contributed by atoms with E-state index in [0.717, 1.165) is 66.7 Å². The largest absolute Gasteiger partial charge is 0.310 e. The number of anilines is 6. The minimum absolute atomic E-state index is 0.890. The Hall–Kier alpha value is -6.00. The molecule has 0 amide bonds. The lowest BCUT2D eigenvalue weighted by molar-refractivity contribution is 1.28. The molecule has 208 valence electrons. The molecule has 8 aromatic rings. The Kier molecular flexibility index (Phi) is 6.43. The fourth-order valence-electron chi connectivity index (χ4n) is 6.14. The molecule has 0 fully saturated rings. The highest BCUT2D eigenvalue weighted by Gasteiger charge is 2.18. The molecule has 0 saturated heterocycles. The highest BCUT2D eigenvalue weighted by molar-refractivity contribution is 6.24. The van der Waals surface area contributed by atoms with Gasteiger partial charge in [-0.3, -0.25) is 9.97 Å². The van der Waals surface area contributed by atoms with Gasteiger partial charge in [-0.1, -0.05) is 84.9 Å². The summed E-state index contributed by atoms with van der Waals surface area (Å²) in [6.07, 6.45) is 3.58. The van der Waals surface area contributed by atoms with Crippen molar-refractivity contribution in [3.8, 4) is 0 Å². The van der Waals surface area contributed by atoms with Crippen molar-refractivity contribution in [1.29, 1.82) is 0 Å². The molecular weight excluding hydrogens is 536 g/mol. The summed E-state index contributed by atoms with van der Waals surface area (Å²) in [6, 6.07) is 55.3. The molecule has 0 aliphatic heterocycles. The maximum absolute atomic E-state index is 4.90. The average molecular weight is 565 g/mol. The molecule has 4 nitrogen and oxygen atoms in total. The Morgan fingerprint density at radius 2 is 0.614 bits per heavy atom. The topological polar surface area (TPSA) is 32.3 Å². The molecule has 0 spiro atoms. The van der Waals surface area contributed by atoms with Crippen LogP contribution in [-0.4, -0.2) is 9.97 Å². The van der Waals surface area contributed by atoms with Gasteiger partial charge in [0.1, 0.15) is 0 Å². The van der Waals surface area contributed by atoms with Gasteiger partial charge in [0.2, 0.25) is 0 Å². The van der Waals surface area contributed by atoms with Crippen LogP contribution in [0, 0.1) is 0 Å². The normalized spacial score (nSPS) is 11.2. The molecule has 4 heteroatoms. The third-order valence-corrected chi connectivity index (χ3v) is 8.08. The van der Waals surface area contributed by atoms with E-state index < -0.39 is 0 Å². The molecule has 0 aliphatic rings. The van der Waals surface area contributed by atoms with Gasteiger partial charge in [0.15, 0.2) is 0 Å². The lowest BCUT2D eigenvalue weighted by Crippen LogP contribution is -2.10. The smallest absolute Gasteiger partial charge is 0.0972 e. The number of hydrogen-bond donors (Lipinski definition) is 0. The molecule has 0 N–H and O–H groups in total. The van der Waals surface area contributed by atoms with E-state index in [9.17, 15) is 0 Å². The number of fused-ring (bicyclic) bond motifs is 6. The fraction of sp³-hybridized carbons (Fsp3) is 0. The lowest BCUT2D eigenvalue weighted by atomic mass is 9.97. The minimum Gasteiger partial charge on any atom is -0.310 e. The second kappa shape index (κ2) is 11.0. The van der Waals surface area contributed by atoms with Gasteiger partial charge in [0.25, 0.3) is 0 Å². The molecule has 0 radical (unpaired) electrons. The van der Waals surface area contributed by atoms with Crippen LogP contribution in [0.15, 0.2) is 170 Å². The number of aromatic nitrogens is 2. The molecule has 0 bridgehead atoms. The summed E-state index contributed by atoms with van der Waals surface area (Å²) in [7, 11) is 0. The molecule has 0 aliphatic carbocycles. The first-order valence-corrected chi connectivity index (χ1v) is 14.8. The molecule has 1 aromatic heterocycles. The minimum atomic E-state index is 0.890. The third-order valence-electron chi connectivity index (χ3n) is 8.08. The van der Waals surface area contributed by atoms with Gasteiger partial charge in [-0.15, -0.1) is 0 Å². The SMILES string of the molecule is c1ccc(N(c2ccccc2)c2ccc3c4ccc(N(c5ccccc5)c5ccccc5)cc4c4nccnc4c3c2)cc1. The number of rotatable bonds is 6. The van der Waals surface area contributed by atoms with Crippen molar-refractivity contribution < 1.29 is 0 Å². The first-order chi connectivity index (χ1) is 21.8. The molecule has 8 rings (SSSR count). The monoisotopic (exact) mass is 564 g/mol. The quantitative estimate of drug-likeness (QED) is 0.188. The van der Waals surface area contributed by atoms with Crippen LogP contribution in [0.4, 0.5) is 34.1 Å². The van der Waals surface area contributed by atoms with Crippen molar-refractivity contribution >= 4 is 66.7 Å². The Morgan fingerprint density at radius 1 is 0.295 bits per heavy atom. The Bertz CT molecular complexity index is 1960. The summed E-state index contributed by atoms with van der Waals surface area (Å²) in [5, 5.41) is 4.45. The van der Waals surface area contributed by atoms with Gasteiger partial charge < -0.3 is 9.80 Å². The molecule has 44 heavy (non-hydrogen) atoms. The number of nitrogens with zero attached hydrogens (tertiary/aromatic N) is 4. The van der Waals surface area contributed by atoms with Gasteiger partial charge in [-0.05, 0) is 83.6 Å². The fourth-order valence-corrected chi connectivity index (χ4v) is 6.14. The highest BCUT2D eigenvalue weighted by atomic mass is 15.1. The number of hydrogen-bond acceptors (Lipinski definition) is 4. The van der Waals surface area contributed by atoms with Crippen LogP contribution < -0.4 is 9.80 Å². The molecule has 0 unspecified atom stereocenters.